The first kappa shape index (κ1) is 11.3. The molecule has 0 spiro atoms. The predicted molar refractivity (Wildman–Crippen MR) is 65.8 cm³/mol. The van der Waals surface area contributed by atoms with E-state index < -0.39 is 0 Å². The summed E-state index contributed by atoms with van der Waals surface area (Å²) < 4.78 is 13.3. The maximum Gasteiger partial charge on any atom is 0.126 e. The summed E-state index contributed by atoms with van der Waals surface area (Å²) in [5.74, 6) is -0.128. The fraction of sp³-hybridized carbons (Fsp3) is 0.429. The summed E-state index contributed by atoms with van der Waals surface area (Å²) in [4.78, 5) is 0. The molecule has 0 atom stereocenters. The van der Waals surface area contributed by atoms with Crippen LogP contribution in [0, 0.1) is 12.7 Å². The van der Waals surface area contributed by atoms with Gasteiger partial charge in [0.2, 0.25) is 0 Å². The standard InChI is InChI=1S/C14H18FN/c1-10(9-16-13-5-6-13)7-12-4-3-11(2)14(15)8-12/h3-4,7-8,13,16H,5-6,9H2,1-2H3. The summed E-state index contributed by atoms with van der Waals surface area (Å²) in [6, 6.07) is 6.09. The second-order valence-electron chi connectivity index (χ2n) is 4.65. The lowest BCUT2D eigenvalue weighted by molar-refractivity contribution is 0.618. The van der Waals surface area contributed by atoms with Crippen molar-refractivity contribution in [3.8, 4) is 0 Å². The van der Waals surface area contributed by atoms with Crippen LogP contribution in [0.1, 0.15) is 30.9 Å². The molecular weight excluding hydrogens is 201 g/mol. The summed E-state index contributed by atoms with van der Waals surface area (Å²) >= 11 is 0. The van der Waals surface area contributed by atoms with Crippen molar-refractivity contribution in [3.05, 3.63) is 40.7 Å². The lowest BCUT2D eigenvalue weighted by Crippen LogP contribution is -2.18. The molecule has 0 aliphatic heterocycles. The Labute approximate surface area is 96.4 Å². The van der Waals surface area contributed by atoms with Gasteiger partial charge in [0.15, 0.2) is 0 Å². The summed E-state index contributed by atoms with van der Waals surface area (Å²) in [5.41, 5.74) is 2.89. The van der Waals surface area contributed by atoms with E-state index in [0.717, 1.165) is 18.2 Å². The lowest BCUT2D eigenvalue weighted by Gasteiger charge is -2.04. The number of aryl methyl sites for hydroxylation is 1. The van der Waals surface area contributed by atoms with E-state index in [9.17, 15) is 4.39 Å². The van der Waals surface area contributed by atoms with Gasteiger partial charge in [-0.2, -0.15) is 0 Å². The molecule has 0 saturated heterocycles. The molecule has 0 amide bonds. The van der Waals surface area contributed by atoms with Gasteiger partial charge in [0.1, 0.15) is 5.82 Å². The first-order chi connectivity index (χ1) is 7.65. The molecule has 0 aromatic heterocycles. The Hall–Kier alpha value is -1.15. The minimum atomic E-state index is -0.128. The minimum absolute atomic E-state index is 0.128. The van der Waals surface area contributed by atoms with Gasteiger partial charge in [0.05, 0.1) is 0 Å². The highest BCUT2D eigenvalue weighted by molar-refractivity contribution is 5.53. The summed E-state index contributed by atoms with van der Waals surface area (Å²) in [6.45, 7) is 4.76. The van der Waals surface area contributed by atoms with Crippen LogP contribution in [0.4, 0.5) is 4.39 Å². The van der Waals surface area contributed by atoms with E-state index in [1.165, 1.54) is 18.4 Å². The van der Waals surface area contributed by atoms with Gasteiger partial charge in [-0.1, -0.05) is 23.8 Å². The van der Waals surface area contributed by atoms with E-state index in [1.54, 1.807) is 13.0 Å². The van der Waals surface area contributed by atoms with Crippen LogP contribution in [-0.4, -0.2) is 12.6 Å². The van der Waals surface area contributed by atoms with Crippen molar-refractivity contribution in [2.24, 2.45) is 0 Å². The number of hydrogen-bond donors (Lipinski definition) is 1. The van der Waals surface area contributed by atoms with Crippen LogP contribution in [0.5, 0.6) is 0 Å². The van der Waals surface area contributed by atoms with Crippen LogP contribution in [0.2, 0.25) is 0 Å². The molecule has 1 aliphatic carbocycles. The van der Waals surface area contributed by atoms with Crippen molar-refractivity contribution in [2.45, 2.75) is 32.7 Å². The number of benzene rings is 1. The molecule has 1 saturated carbocycles. The molecule has 0 bridgehead atoms. The summed E-state index contributed by atoms with van der Waals surface area (Å²) in [5, 5.41) is 3.44. The third-order valence-electron chi connectivity index (χ3n) is 2.86. The Morgan fingerprint density at radius 3 is 2.88 bits per heavy atom. The molecule has 1 fully saturated rings. The first-order valence-corrected chi connectivity index (χ1v) is 5.82. The van der Waals surface area contributed by atoms with Crippen LogP contribution in [0.15, 0.2) is 23.8 Å². The molecule has 86 valence electrons. The molecule has 1 aromatic carbocycles. The SMILES string of the molecule is CC(=Cc1ccc(C)c(F)c1)CNC1CC1. The van der Waals surface area contributed by atoms with E-state index in [0.29, 0.717) is 5.56 Å². The predicted octanol–water partition coefficient (Wildman–Crippen LogP) is 3.29. The van der Waals surface area contributed by atoms with E-state index in [-0.39, 0.29) is 5.82 Å². The highest BCUT2D eigenvalue weighted by atomic mass is 19.1. The van der Waals surface area contributed by atoms with Crippen LogP contribution in [0.3, 0.4) is 0 Å². The maximum absolute atomic E-state index is 13.3. The number of nitrogens with one attached hydrogen (secondary N) is 1. The van der Waals surface area contributed by atoms with Crippen LogP contribution >= 0.6 is 0 Å². The lowest BCUT2D eigenvalue weighted by atomic mass is 10.1. The van der Waals surface area contributed by atoms with Crippen molar-refractivity contribution >= 4 is 6.08 Å². The Balaban J connectivity index is 1.99. The van der Waals surface area contributed by atoms with Gasteiger partial charge < -0.3 is 5.32 Å². The van der Waals surface area contributed by atoms with Gasteiger partial charge in [0.25, 0.3) is 0 Å². The second-order valence-corrected chi connectivity index (χ2v) is 4.65. The maximum atomic E-state index is 13.3. The third-order valence-corrected chi connectivity index (χ3v) is 2.86. The highest BCUT2D eigenvalue weighted by Gasteiger charge is 2.19. The van der Waals surface area contributed by atoms with Crippen molar-refractivity contribution < 1.29 is 4.39 Å². The normalized spacial score (nSPS) is 16.6. The van der Waals surface area contributed by atoms with Crippen molar-refractivity contribution in [2.75, 3.05) is 6.54 Å². The van der Waals surface area contributed by atoms with E-state index in [4.69, 9.17) is 0 Å². The van der Waals surface area contributed by atoms with Gasteiger partial charge in [-0.15, -0.1) is 0 Å². The van der Waals surface area contributed by atoms with Crippen molar-refractivity contribution in [3.63, 3.8) is 0 Å². The monoisotopic (exact) mass is 219 g/mol. The van der Waals surface area contributed by atoms with E-state index in [2.05, 4.69) is 12.2 Å². The van der Waals surface area contributed by atoms with Crippen molar-refractivity contribution in [1.29, 1.82) is 0 Å². The van der Waals surface area contributed by atoms with Crippen molar-refractivity contribution in [1.82, 2.24) is 5.32 Å². The molecule has 1 aliphatic rings. The molecule has 2 heteroatoms. The summed E-state index contributed by atoms with van der Waals surface area (Å²) in [6.07, 6.45) is 4.64. The molecule has 1 aromatic rings. The molecule has 0 radical (unpaired) electrons. The second kappa shape index (κ2) is 4.79. The average Bonchev–Trinajstić information content (AvgIpc) is 3.04. The zero-order valence-electron chi connectivity index (χ0n) is 9.89. The Morgan fingerprint density at radius 1 is 1.50 bits per heavy atom. The van der Waals surface area contributed by atoms with Crippen LogP contribution in [0.25, 0.3) is 6.08 Å². The first-order valence-electron chi connectivity index (χ1n) is 5.82. The van der Waals surface area contributed by atoms with E-state index in [1.807, 2.05) is 18.2 Å². The van der Waals surface area contributed by atoms with Gasteiger partial charge in [-0.25, -0.2) is 4.39 Å². The smallest absolute Gasteiger partial charge is 0.126 e. The van der Waals surface area contributed by atoms with Crippen LogP contribution < -0.4 is 5.32 Å². The molecule has 0 unspecified atom stereocenters. The Bertz CT molecular complexity index is 405. The summed E-state index contributed by atoms with van der Waals surface area (Å²) in [7, 11) is 0. The minimum Gasteiger partial charge on any atom is -0.310 e. The number of rotatable bonds is 4. The molecule has 1 nitrogen and oxygen atoms in total. The quantitative estimate of drug-likeness (QED) is 0.819. The van der Waals surface area contributed by atoms with Gasteiger partial charge in [-0.3, -0.25) is 0 Å². The molecule has 2 rings (SSSR count). The number of halogens is 1. The number of hydrogen-bond acceptors (Lipinski definition) is 1. The third kappa shape index (κ3) is 3.17. The topological polar surface area (TPSA) is 12.0 Å². The Kier molecular flexibility index (Phi) is 3.39. The molecular formula is C14H18FN. The molecule has 0 heterocycles. The Morgan fingerprint density at radius 2 is 2.25 bits per heavy atom. The zero-order valence-corrected chi connectivity index (χ0v) is 9.89. The average molecular weight is 219 g/mol. The van der Waals surface area contributed by atoms with Crippen LogP contribution in [-0.2, 0) is 0 Å². The highest BCUT2D eigenvalue weighted by Crippen LogP contribution is 2.19. The van der Waals surface area contributed by atoms with Gasteiger partial charge >= 0.3 is 0 Å². The zero-order chi connectivity index (χ0) is 11.5. The van der Waals surface area contributed by atoms with Gasteiger partial charge in [-0.05, 0) is 43.9 Å². The van der Waals surface area contributed by atoms with E-state index >= 15 is 0 Å². The molecule has 1 N–H and O–H groups in total. The fourth-order valence-corrected chi connectivity index (χ4v) is 1.63. The molecule has 16 heavy (non-hydrogen) atoms. The fourth-order valence-electron chi connectivity index (χ4n) is 1.63. The van der Waals surface area contributed by atoms with Gasteiger partial charge in [0, 0.05) is 12.6 Å². The largest absolute Gasteiger partial charge is 0.310 e.